The minimum atomic E-state index is -4.33. The Morgan fingerprint density at radius 2 is 1.95 bits per heavy atom. The molecule has 0 fully saturated rings. The van der Waals surface area contributed by atoms with E-state index in [1.807, 2.05) is 0 Å². The van der Waals surface area contributed by atoms with Gasteiger partial charge in [0.1, 0.15) is 5.84 Å². The number of halogens is 4. The molecule has 6 heteroatoms. The predicted octanol–water partition coefficient (Wildman–Crippen LogP) is 4.85. The van der Waals surface area contributed by atoms with Crippen molar-refractivity contribution in [3.63, 3.8) is 0 Å². The van der Waals surface area contributed by atoms with Crippen LogP contribution in [0.2, 0.25) is 0 Å². The van der Waals surface area contributed by atoms with Crippen LogP contribution in [0.15, 0.2) is 27.7 Å². The Hall–Kier alpha value is -1.04. The van der Waals surface area contributed by atoms with Gasteiger partial charge < -0.3 is 5.32 Å². The van der Waals surface area contributed by atoms with Gasteiger partial charge in [0.05, 0.1) is 11.3 Å². The fourth-order valence-corrected chi connectivity index (χ4v) is 2.27. The Morgan fingerprint density at radius 1 is 1.16 bits per heavy atom. The average Bonchev–Trinajstić information content (AvgIpc) is 2.59. The smallest absolute Gasteiger partial charge is 0.343 e. The summed E-state index contributed by atoms with van der Waals surface area (Å²) in [5, 5.41) is 3.00. The van der Waals surface area contributed by atoms with Crippen LogP contribution in [0.4, 0.5) is 18.9 Å². The van der Waals surface area contributed by atoms with Crippen molar-refractivity contribution in [3.05, 3.63) is 28.2 Å². The molecule has 104 valence electrons. The van der Waals surface area contributed by atoms with E-state index < -0.39 is 11.7 Å². The fourth-order valence-electron chi connectivity index (χ4n) is 1.93. The molecule has 1 aliphatic heterocycles. The fraction of sp³-hybridized carbons (Fsp3) is 0.462. The molecule has 1 heterocycles. The normalized spacial score (nSPS) is 16.7. The van der Waals surface area contributed by atoms with E-state index in [0.29, 0.717) is 10.2 Å². The third kappa shape index (κ3) is 3.96. The summed E-state index contributed by atoms with van der Waals surface area (Å²) in [6.07, 6.45) is -0.388. The highest BCUT2D eigenvalue weighted by Crippen LogP contribution is 2.34. The summed E-state index contributed by atoms with van der Waals surface area (Å²) >= 11 is 3.26. The van der Waals surface area contributed by atoms with Gasteiger partial charge in [-0.25, -0.2) is 0 Å². The lowest BCUT2D eigenvalue weighted by Gasteiger charge is -2.13. The first-order valence-corrected chi connectivity index (χ1v) is 6.93. The summed E-state index contributed by atoms with van der Waals surface area (Å²) in [7, 11) is 0. The van der Waals surface area contributed by atoms with Gasteiger partial charge in [-0.1, -0.05) is 6.42 Å². The Labute approximate surface area is 118 Å². The van der Waals surface area contributed by atoms with E-state index in [9.17, 15) is 13.2 Å². The molecule has 0 saturated carbocycles. The van der Waals surface area contributed by atoms with Gasteiger partial charge >= 0.3 is 6.18 Å². The highest BCUT2D eigenvalue weighted by Gasteiger charge is 2.31. The number of alkyl halides is 3. The van der Waals surface area contributed by atoms with Gasteiger partial charge in [-0.2, -0.15) is 13.2 Å². The van der Waals surface area contributed by atoms with Gasteiger partial charge in [-0.3, -0.25) is 4.99 Å². The van der Waals surface area contributed by atoms with E-state index in [1.54, 1.807) is 0 Å². The van der Waals surface area contributed by atoms with Crippen LogP contribution in [0.1, 0.15) is 31.2 Å². The van der Waals surface area contributed by atoms with Crippen LogP contribution in [0.3, 0.4) is 0 Å². The molecule has 2 nitrogen and oxygen atoms in total. The van der Waals surface area contributed by atoms with Crippen molar-refractivity contribution in [2.45, 2.75) is 31.9 Å². The van der Waals surface area contributed by atoms with Gasteiger partial charge in [-0.05, 0) is 47.0 Å². The molecule has 1 aromatic carbocycles. The van der Waals surface area contributed by atoms with Crippen molar-refractivity contribution in [2.75, 3.05) is 11.9 Å². The van der Waals surface area contributed by atoms with Crippen LogP contribution >= 0.6 is 15.9 Å². The van der Waals surface area contributed by atoms with Crippen LogP contribution in [-0.4, -0.2) is 12.4 Å². The number of hydrogen-bond donors (Lipinski definition) is 1. The summed E-state index contributed by atoms with van der Waals surface area (Å²) in [6.45, 7) is 0.735. The van der Waals surface area contributed by atoms with Crippen molar-refractivity contribution >= 4 is 27.5 Å². The molecule has 19 heavy (non-hydrogen) atoms. The highest BCUT2D eigenvalue weighted by atomic mass is 79.9. The molecule has 1 aromatic rings. The molecular weight excluding hydrogens is 321 g/mol. The quantitative estimate of drug-likeness (QED) is 0.779. The van der Waals surface area contributed by atoms with Crippen molar-refractivity contribution in [1.29, 1.82) is 0 Å². The topological polar surface area (TPSA) is 24.4 Å². The number of nitrogens with one attached hydrogen (secondary N) is 1. The Balaban J connectivity index is 2.21. The van der Waals surface area contributed by atoms with Crippen molar-refractivity contribution in [2.24, 2.45) is 4.99 Å². The van der Waals surface area contributed by atoms with E-state index in [4.69, 9.17) is 0 Å². The molecule has 0 spiro atoms. The molecule has 0 aliphatic carbocycles. The van der Waals surface area contributed by atoms with Gasteiger partial charge in [-0.15, -0.1) is 0 Å². The maximum atomic E-state index is 12.7. The lowest BCUT2D eigenvalue weighted by Crippen LogP contribution is -2.13. The van der Waals surface area contributed by atoms with Crippen molar-refractivity contribution in [1.82, 2.24) is 0 Å². The predicted molar refractivity (Wildman–Crippen MR) is 73.5 cm³/mol. The van der Waals surface area contributed by atoms with E-state index in [-0.39, 0.29) is 0 Å². The number of nitrogens with zero attached hydrogens (tertiary/aromatic N) is 1. The minimum absolute atomic E-state index is 0.412. The summed E-state index contributed by atoms with van der Waals surface area (Å²) in [5.74, 6) is 0.762. The Kier molecular flexibility index (Phi) is 4.50. The largest absolute Gasteiger partial charge is 0.416 e. The van der Waals surface area contributed by atoms with Crippen molar-refractivity contribution < 1.29 is 13.2 Å². The van der Waals surface area contributed by atoms with E-state index in [1.165, 1.54) is 6.07 Å². The summed E-state index contributed by atoms with van der Waals surface area (Å²) in [6, 6.07) is 3.57. The number of hydrogen-bond acceptors (Lipinski definition) is 2. The summed E-state index contributed by atoms with van der Waals surface area (Å²) in [5.41, 5.74) is -0.247. The number of amidine groups is 1. The molecule has 0 aromatic heterocycles. The molecule has 1 aliphatic rings. The first-order chi connectivity index (χ1) is 8.97. The summed E-state index contributed by atoms with van der Waals surface area (Å²) in [4.78, 5) is 4.35. The van der Waals surface area contributed by atoms with Gasteiger partial charge in [0.25, 0.3) is 0 Å². The van der Waals surface area contributed by atoms with E-state index >= 15 is 0 Å². The van der Waals surface area contributed by atoms with Gasteiger partial charge in [0.15, 0.2) is 0 Å². The lowest BCUT2D eigenvalue weighted by molar-refractivity contribution is -0.137. The maximum absolute atomic E-state index is 12.7. The number of benzene rings is 1. The molecule has 0 bridgehead atoms. The van der Waals surface area contributed by atoms with Gasteiger partial charge in [0, 0.05) is 17.4 Å². The Bertz CT molecular complexity index is 483. The molecule has 0 saturated heterocycles. The first-order valence-electron chi connectivity index (χ1n) is 6.14. The second-order valence-corrected chi connectivity index (χ2v) is 5.31. The third-order valence-corrected chi connectivity index (χ3v) is 3.64. The second kappa shape index (κ2) is 5.94. The summed E-state index contributed by atoms with van der Waals surface area (Å²) < 4.78 is 38.6. The highest BCUT2D eigenvalue weighted by molar-refractivity contribution is 9.10. The zero-order chi connectivity index (χ0) is 13.9. The molecular formula is C13H14BrF3N2. The van der Waals surface area contributed by atoms with Crippen LogP contribution < -0.4 is 5.32 Å². The zero-order valence-corrected chi connectivity index (χ0v) is 11.8. The van der Waals surface area contributed by atoms with E-state index in [2.05, 4.69) is 26.2 Å². The Morgan fingerprint density at radius 3 is 2.68 bits per heavy atom. The zero-order valence-electron chi connectivity index (χ0n) is 10.2. The molecule has 0 amide bonds. The van der Waals surface area contributed by atoms with Crippen LogP contribution in [-0.2, 0) is 6.18 Å². The minimum Gasteiger partial charge on any atom is -0.343 e. The second-order valence-electron chi connectivity index (χ2n) is 4.46. The molecule has 0 radical (unpaired) electrons. The van der Waals surface area contributed by atoms with Crippen LogP contribution in [0, 0.1) is 0 Å². The van der Waals surface area contributed by atoms with Gasteiger partial charge in [0.2, 0.25) is 0 Å². The third-order valence-electron chi connectivity index (χ3n) is 2.95. The molecule has 2 rings (SSSR count). The lowest BCUT2D eigenvalue weighted by atomic mass is 10.1. The van der Waals surface area contributed by atoms with Crippen LogP contribution in [0.25, 0.3) is 0 Å². The average molecular weight is 335 g/mol. The molecule has 0 atom stereocenters. The van der Waals surface area contributed by atoms with E-state index in [0.717, 1.165) is 50.2 Å². The number of rotatable bonds is 1. The number of anilines is 1. The SMILES string of the molecule is FC(F)(F)c1ccc(Br)c(NC2=NCCCCC2)c1. The molecule has 1 N–H and O–H groups in total. The monoisotopic (exact) mass is 334 g/mol. The number of aliphatic imine (C=N–C) groups is 1. The molecule has 0 unspecified atom stereocenters. The van der Waals surface area contributed by atoms with Crippen molar-refractivity contribution in [3.8, 4) is 0 Å². The maximum Gasteiger partial charge on any atom is 0.416 e. The standard InChI is InChI=1S/C13H14BrF3N2/c14-10-6-5-9(13(15,16)17)8-11(10)19-12-4-2-1-3-7-18-12/h5-6,8H,1-4,7H2,(H,18,19). The van der Waals surface area contributed by atoms with Crippen LogP contribution in [0.5, 0.6) is 0 Å². The first kappa shape index (κ1) is 14.4.